The maximum Gasteiger partial charge on any atom is 0.337 e. The van der Waals surface area contributed by atoms with Crippen LogP contribution in [0.5, 0.6) is 0 Å². The van der Waals surface area contributed by atoms with Gasteiger partial charge in [-0.3, -0.25) is 9.00 Å². The van der Waals surface area contributed by atoms with Crippen LogP contribution in [0, 0.1) is 0 Å². The molecule has 0 aliphatic carbocycles. The Labute approximate surface area is 165 Å². The predicted molar refractivity (Wildman–Crippen MR) is 103 cm³/mol. The zero-order valence-corrected chi connectivity index (χ0v) is 16.4. The molecule has 0 fully saturated rings. The summed E-state index contributed by atoms with van der Waals surface area (Å²) < 4.78 is 21.7. The Morgan fingerprint density at radius 2 is 1.64 bits per heavy atom. The van der Waals surface area contributed by atoms with Gasteiger partial charge in [-0.2, -0.15) is 0 Å². The monoisotopic (exact) mass is 403 g/mol. The normalized spacial score (nSPS) is 12.5. The highest BCUT2D eigenvalue weighted by Crippen LogP contribution is 2.10. The molecule has 0 aliphatic heterocycles. The van der Waals surface area contributed by atoms with Gasteiger partial charge in [0.05, 0.1) is 30.6 Å². The van der Waals surface area contributed by atoms with Gasteiger partial charge in [0.2, 0.25) is 0 Å². The topological polar surface area (TPSA) is 98.8 Å². The first kappa shape index (κ1) is 21.3. The van der Waals surface area contributed by atoms with Crippen molar-refractivity contribution in [2.75, 3.05) is 20.0 Å². The summed E-state index contributed by atoms with van der Waals surface area (Å²) in [7, 11) is 1.15. The van der Waals surface area contributed by atoms with Gasteiger partial charge in [0.25, 0.3) is 5.91 Å². The number of carbonyl (C=O) groups excluding carboxylic acids is 3. The Morgan fingerprint density at radius 1 is 0.964 bits per heavy atom. The van der Waals surface area contributed by atoms with Crippen molar-refractivity contribution in [2.24, 2.45) is 0 Å². The van der Waals surface area contributed by atoms with E-state index in [1.165, 1.54) is 32.4 Å². The molecule has 1 N–H and O–H groups in total. The number of benzene rings is 2. The minimum Gasteiger partial charge on any atom is -0.467 e. The van der Waals surface area contributed by atoms with Gasteiger partial charge in [-0.05, 0) is 36.8 Å². The van der Waals surface area contributed by atoms with Crippen LogP contribution in [0.1, 0.15) is 27.1 Å². The molecule has 7 nitrogen and oxygen atoms in total. The molecule has 0 aromatic heterocycles. The first-order valence-electron chi connectivity index (χ1n) is 8.46. The number of esters is 2. The minimum atomic E-state index is -1.31. The number of hydrogen-bond acceptors (Lipinski definition) is 6. The van der Waals surface area contributed by atoms with Crippen LogP contribution in [0.4, 0.5) is 0 Å². The zero-order chi connectivity index (χ0) is 20.5. The molecule has 0 aliphatic rings. The van der Waals surface area contributed by atoms with E-state index in [2.05, 4.69) is 10.1 Å². The molecule has 1 amide bonds. The summed E-state index contributed by atoms with van der Waals surface area (Å²) in [4.78, 5) is 36.8. The lowest BCUT2D eigenvalue weighted by atomic mass is 10.1. The van der Waals surface area contributed by atoms with Crippen molar-refractivity contribution in [1.82, 2.24) is 5.32 Å². The number of nitrogens with one attached hydrogen (secondary N) is 1. The maximum absolute atomic E-state index is 12.5. The van der Waals surface area contributed by atoms with Gasteiger partial charge in [0.1, 0.15) is 6.04 Å². The minimum absolute atomic E-state index is 0.136. The summed E-state index contributed by atoms with van der Waals surface area (Å²) in [5.74, 6) is -1.58. The van der Waals surface area contributed by atoms with Gasteiger partial charge in [-0.15, -0.1) is 0 Å². The quantitative estimate of drug-likeness (QED) is 0.677. The second-order valence-corrected chi connectivity index (χ2v) is 7.34. The Balaban J connectivity index is 2.07. The summed E-state index contributed by atoms with van der Waals surface area (Å²) in [6.45, 7) is 0. The fraction of sp³-hybridized carbons (Fsp3) is 0.250. The molecule has 0 spiro atoms. The van der Waals surface area contributed by atoms with Crippen LogP contribution in [-0.4, -0.2) is 48.1 Å². The van der Waals surface area contributed by atoms with E-state index in [1.54, 1.807) is 30.3 Å². The second kappa shape index (κ2) is 10.4. The van der Waals surface area contributed by atoms with Gasteiger partial charge in [-0.25, -0.2) is 9.59 Å². The fourth-order valence-corrected chi connectivity index (χ4v) is 3.60. The molecule has 0 saturated heterocycles. The highest BCUT2D eigenvalue weighted by molar-refractivity contribution is 7.85. The lowest BCUT2D eigenvalue weighted by molar-refractivity contribution is -0.142. The molecule has 2 aromatic rings. The number of hydrogen-bond donors (Lipinski definition) is 1. The Kier molecular flexibility index (Phi) is 7.88. The first-order valence-corrected chi connectivity index (χ1v) is 9.78. The Bertz CT molecular complexity index is 868. The lowest BCUT2D eigenvalue weighted by Crippen LogP contribution is -2.42. The molecule has 148 valence electrons. The van der Waals surface area contributed by atoms with E-state index in [1.807, 2.05) is 6.07 Å². The van der Waals surface area contributed by atoms with E-state index in [0.29, 0.717) is 4.90 Å². The molecule has 0 unspecified atom stereocenters. The SMILES string of the molecule is COC(=O)c1cccc(C(=O)N[C@H](CC[S@@](=O)c2ccccc2)C(=O)OC)c1. The van der Waals surface area contributed by atoms with Gasteiger partial charge < -0.3 is 14.8 Å². The van der Waals surface area contributed by atoms with Gasteiger partial charge >= 0.3 is 11.9 Å². The number of ether oxygens (including phenoxy) is 2. The Morgan fingerprint density at radius 3 is 2.29 bits per heavy atom. The van der Waals surface area contributed by atoms with Crippen molar-refractivity contribution in [3.8, 4) is 0 Å². The summed E-state index contributed by atoms with van der Waals surface area (Å²) in [5, 5.41) is 2.57. The molecule has 0 radical (unpaired) electrons. The van der Waals surface area contributed by atoms with E-state index in [-0.39, 0.29) is 23.3 Å². The fourth-order valence-electron chi connectivity index (χ4n) is 2.45. The molecular formula is C20H21NO6S. The van der Waals surface area contributed by atoms with Crippen molar-refractivity contribution in [3.63, 3.8) is 0 Å². The predicted octanol–water partition coefficient (Wildman–Crippen LogP) is 1.94. The molecule has 28 heavy (non-hydrogen) atoms. The molecule has 2 aromatic carbocycles. The van der Waals surface area contributed by atoms with Crippen molar-refractivity contribution in [1.29, 1.82) is 0 Å². The van der Waals surface area contributed by atoms with Crippen LogP contribution in [0.25, 0.3) is 0 Å². The first-order chi connectivity index (χ1) is 13.5. The number of carbonyl (C=O) groups is 3. The van der Waals surface area contributed by atoms with Crippen LogP contribution in [-0.2, 0) is 25.1 Å². The van der Waals surface area contributed by atoms with Gasteiger partial charge in [-0.1, -0.05) is 24.3 Å². The highest BCUT2D eigenvalue weighted by atomic mass is 32.2. The maximum atomic E-state index is 12.5. The van der Waals surface area contributed by atoms with Gasteiger partial charge in [0, 0.05) is 16.2 Å². The van der Waals surface area contributed by atoms with Crippen LogP contribution < -0.4 is 5.32 Å². The zero-order valence-electron chi connectivity index (χ0n) is 15.5. The highest BCUT2D eigenvalue weighted by Gasteiger charge is 2.23. The van der Waals surface area contributed by atoms with Crippen molar-refractivity contribution in [3.05, 3.63) is 65.7 Å². The lowest BCUT2D eigenvalue weighted by Gasteiger charge is -2.16. The third kappa shape index (κ3) is 5.75. The Hall–Kier alpha value is -3.00. The smallest absolute Gasteiger partial charge is 0.337 e. The molecule has 0 heterocycles. The molecular weight excluding hydrogens is 382 g/mol. The second-order valence-electron chi connectivity index (χ2n) is 5.77. The number of methoxy groups -OCH3 is 2. The summed E-state index contributed by atoms with van der Waals surface area (Å²) >= 11 is 0. The number of amides is 1. The third-order valence-corrected chi connectivity index (χ3v) is 5.34. The van der Waals surface area contributed by atoms with Crippen LogP contribution in [0.2, 0.25) is 0 Å². The summed E-state index contributed by atoms with van der Waals surface area (Å²) in [6.07, 6.45) is 0.136. The van der Waals surface area contributed by atoms with Gasteiger partial charge in [0.15, 0.2) is 0 Å². The summed E-state index contributed by atoms with van der Waals surface area (Å²) in [5.41, 5.74) is 0.413. The number of rotatable bonds is 8. The molecule has 8 heteroatoms. The average Bonchev–Trinajstić information content (AvgIpc) is 2.75. The largest absolute Gasteiger partial charge is 0.467 e. The molecule has 0 saturated carbocycles. The molecule has 2 atom stereocenters. The van der Waals surface area contributed by atoms with E-state index < -0.39 is 34.7 Å². The summed E-state index contributed by atoms with van der Waals surface area (Å²) in [6, 6.07) is 13.8. The van der Waals surface area contributed by atoms with Crippen LogP contribution in [0.3, 0.4) is 0 Å². The van der Waals surface area contributed by atoms with E-state index >= 15 is 0 Å². The van der Waals surface area contributed by atoms with E-state index in [9.17, 15) is 18.6 Å². The van der Waals surface area contributed by atoms with E-state index in [4.69, 9.17) is 4.74 Å². The van der Waals surface area contributed by atoms with Crippen molar-refractivity contribution >= 4 is 28.6 Å². The van der Waals surface area contributed by atoms with E-state index in [0.717, 1.165) is 0 Å². The molecule has 2 rings (SSSR count). The molecule has 0 bridgehead atoms. The van der Waals surface area contributed by atoms with Crippen molar-refractivity contribution in [2.45, 2.75) is 17.4 Å². The van der Waals surface area contributed by atoms with Crippen molar-refractivity contribution < 1.29 is 28.1 Å². The third-order valence-electron chi connectivity index (χ3n) is 3.93. The standard InChI is InChI=1S/C20H21NO6S/c1-26-19(23)15-8-6-7-14(13-15)18(22)21-17(20(24)27-2)11-12-28(25)16-9-4-3-5-10-16/h3-10,13,17H,11-12H2,1-2H3,(H,21,22)/t17-,28-/m1/s1. The van der Waals surface area contributed by atoms with Crippen LogP contribution in [0.15, 0.2) is 59.5 Å². The average molecular weight is 403 g/mol. The van der Waals surface area contributed by atoms with Crippen LogP contribution >= 0.6 is 0 Å².